The van der Waals surface area contributed by atoms with Crippen molar-refractivity contribution in [3.8, 4) is 0 Å². The SMILES string of the molecule is CN=C(NC)NCCNS(=O)(=O)c1ccc(Cl)cc1F. The van der Waals surface area contributed by atoms with Crippen molar-refractivity contribution in [1.29, 1.82) is 0 Å². The van der Waals surface area contributed by atoms with Crippen molar-refractivity contribution in [2.45, 2.75) is 4.90 Å². The number of nitrogens with zero attached hydrogens (tertiary/aromatic N) is 1. The zero-order valence-corrected chi connectivity index (χ0v) is 12.6. The highest BCUT2D eigenvalue weighted by Crippen LogP contribution is 2.18. The van der Waals surface area contributed by atoms with Crippen LogP contribution in [0, 0.1) is 5.82 Å². The fraction of sp³-hybridized carbons (Fsp3) is 0.364. The molecule has 0 aliphatic carbocycles. The summed E-state index contributed by atoms with van der Waals surface area (Å²) in [7, 11) is -0.631. The number of hydrogen-bond acceptors (Lipinski definition) is 3. The van der Waals surface area contributed by atoms with Crippen LogP contribution in [-0.4, -0.2) is 41.6 Å². The van der Waals surface area contributed by atoms with Crippen molar-refractivity contribution >= 4 is 27.6 Å². The van der Waals surface area contributed by atoms with Gasteiger partial charge in [0.05, 0.1) is 0 Å². The molecule has 20 heavy (non-hydrogen) atoms. The van der Waals surface area contributed by atoms with Crippen LogP contribution in [0.15, 0.2) is 28.1 Å². The second-order valence-corrected chi connectivity index (χ2v) is 5.89. The molecule has 112 valence electrons. The largest absolute Gasteiger partial charge is 0.359 e. The topological polar surface area (TPSA) is 82.6 Å². The van der Waals surface area contributed by atoms with Gasteiger partial charge in [-0.2, -0.15) is 0 Å². The second-order valence-electron chi connectivity index (χ2n) is 3.72. The highest BCUT2D eigenvalue weighted by molar-refractivity contribution is 7.89. The van der Waals surface area contributed by atoms with Crippen LogP contribution in [0.25, 0.3) is 0 Å². The fourth-order valence-electron chi connectivity index (χ4n) is 1.42. The maximum atomic E-state index is 13.5. The Kier molecular flexibility index (Phi) is 6.18. The normalized spacial score (nSPS) is 12.3. The standard InChI is InChI=1S/C11H16ClFN4O2S/c1-14-11(15-2)16-5-6-17-20(18,19)10-4-3-8(12)7-9(10)13/h3-4,7,17H,5-6H2,1-2H3,(H2,14,15,16). The van der Waals surface area contributed by atoms with E-state index < -0.39 is 20.7 Å². The minimum absolute atomic E-state index is 0.0884. The van der Waals surface area contributed by atoms with Gasteiger partial charge in [0.15, 0.2) is 5.96 Å². The molecule has 0 bridgehead atoms. The van der Waals surface area contributed by atoms with Gasteiger partial charge in [0.1, 0.15) is 10.7 Å². The minimum Gasteiger partial charge on any atom is -0.359 e. The zero-order valence-electron chi connectivity index (χ0n) is 11.1. The van der Waals surface area contributed by atoms with E-state index >= 15 is 0 Å². The molecule has 0 amide bonds. The predicted molar refractivity (Wildman–Crippen MR) is 77.0 cm³/mol. The Bertz CT molecular complexity index is 592. The van der Waals surface area contributed by atoms with Gasteiger partial charge in [0.25, 0.3) is 0 Å². The lowest BCUT2D eigenvalue weighted by molar-refractivity contribution is 0.556. The average molecular weight is 323 g/mol. The third-order valence-electron chi connectivity index (χ3n) is 2.35. The molecule has 0 aliphatic heterocycles. The van der Waals surface area contributed by atoms with Gasteiger partial charge < -0.3 is 10.6 Å². The van der Waals surface area contributed by atoms with Crippen molar-refractivity contribution in [3.05, 3.63) is 29.0 Å². The third-order valence-corrected chi connectivity index (χ3v) is 4.08. The molecule has 1 aromatic carbocycles. The van der Waals surface area contributed by atoms with E-state index in [-0.39, 0.29) is 11.6 Å². The number of rotatable bonds is 5. The third kappa shape index (κ3) is 4.62. The summed E-state index contributed by atoms with van der Waals surface area (Å²) in [6.07, 6.45) is 0. The first-order valence-corrected chi connectivity index (χ1v) is 7.60. The number of aliphatic imine (C=N–C) groups is 1. The van der Waals surface area contributed by atoms with Crippen molar-refractivity contribution in [1.82, 2.24) is 15.4 Å². The van der Waals surface area contributed by atoms with Gasteiger partial charge in [0, 0.05) is 32.2 Å². The number of halogens is 2. The van der Waals surface area contributed by atoms with Gasteiger partial charge in [-0.3, -0.25) is 4.99 Å². The van der Waals surface area contributed by atoms with Gasteiger partial charge in [-0.05, 0) is 18.2 Å². The van der Waals surface area contributed by atoms with E-state index in [9.17, 15) is 12.8 Å². The first-order valence-electron chi connectivity index (χ1n) is 5.74. The summed E-state index contributed by atoms with van der Waals surface area (Å²) in [5, 5.41) is 5.79. The lowest BCUT2D eigenvalue weighted by Gasteiger charge is -2.10. The summed E-state index contributed by atoms with van der Waals surface area (Å²) in [6, 6.07) is 3.40. The van der Waals surface area contributed by atoms with E-state index in [0.29, 0.717) is 12.5 Å². The molecule has 0 fully saturated rings. The molecule has 0 saturated heterocycles. The maximum absolute atomic E-state index is 13.5. The molecule has 3 N–H and O–H groups in total. The molecule has 0 aliphatic rings. The number of hydrogen-bond donors (Lipinski definition) is 3. The van der Waals surface area contributed by atoms with Crippen LogP contribution in [0.3, 0.4) is 0 Å². The predicted octanol–water partition coefficient (Wildman–Crippen LogP) is 0.552. The summed E-state index contributed by atoms with van der Waals surface area (Å²) >= 11 is 5.58. The van der Waals surface area contributed by atoms with Gasteiger partial charge in [0.2, 0.25) is 10.0 Å². The summed E-state index contributed by atoms with van der Waals surface area (Å²) in [6.45, 7) is 0.396. The molecule has 0 atom stereocenters. The van der Waals surface area contributed by atoms with Crippen LogP contribution in [-0.2, 0) is 10.0 Å². The Hall–Kier alpha value is -1.38. The van der Waals surface area contributed by atoms with Crippen LogP contribution in [0.2, 0.25) is 5.02 Å². The highest BCUT2D eigenvalue weighted by atomic mass is 35.5. The number of benzene rings is 1. The van der Waals surface area contributed by atoms with Gasteiger partial charge in [-0.25, -0.2) is 17.5 Å². The molecule has 1 rings (SSSR count). The van der Waals surface area contributed by atoms with E-state index in [1.165, 1.54) is 6.07 Å². The van der Waals surface area contributed by atoms with E-state index in [2.05, 4.69) is 20.3 Å². The first kappa shape index (κ1) is 16.7. The Balaban J connectivity index is 2.62. The average Bonchev–Trinajstić information content (AvgIpc) is 2.38. The van der Waals surface area contributed by atoms with Crippen molar-refractivity contribution in [2.75, 3.05) is 27.2 Å². The van der Waals surface area contributed by atoms with Crippen molar-refractivity contribution in [2.24, 2.45) is 4.99 Å². The van der Waals surface area contributed by atoms with E-state index in [1.807, 2.05) is 0 Å². The maximum Gasteiger partial charge on any atom is 0.243 e. The van der Waals surface area contributed by atoms with Gasteiger partial charge in [-0.15, -0.1) is 0 Å². The molecule has 0 unspecified atom stereocenters. The van der Waals surface area contributed by atoms with E-state index in [0.717, 1.165) is 12.1 Å². The number of nitrogens with one attached hydrogen (secondary N) is 3. The van der Waals surface area contributed by atoms with Crippen LogP contribution in [0.5, 0.6) is 0 Å². The van der Waals surface area contributed by atoms with Gasteiger partial charge >= 0.3 is 0 Å². The summed E-state index contributed by atoms with van der Waals surface area (Å²) in [4.78, 5) is 3.43. The molecule has 6 nitrogen and oxygen atoms in total. The molecule has 0 saturated carbocycles. The molecule has 9 heteroatoms. The summed E-state index contributed by atoms with van der Waals surface area (Å²) in [5.41, 5.74) is 0. The molecule has 0 heterocycles. The number of sulfonamides is 1. The Morgan fingerprint density at radius 2 is 2.10 bits per heavy atom. The first-order chi connectivity index (χ1) is 9.40. The Labute approximate surface area is 122 Å². The zero-order chi connectivity index (χ0) is 15.2. The minimum atomic E-state index is -3.90. The molecule has 0 aromatic heterocycles. The Morgan fingerprint density at radius 1 is 1.40 bits per heavy atom. The molecule has 0 radical (unpaired) electrons. The smallest absolute Gasteiger partial charge is 0.243 e. The highest BCUT2D eigenvalue weighted by Gasteiger charge is 2.18. The monoisotopic (exact) mass is 322 g/mol. The second kappa shape index (κ2) is 7.41. The lowest BCUT2D eigenvalue weighted by Crippen LogP contribution is -2.40. The van der Waals surface area contributed by atoms with Crippen molar-refractivity contribution in [3.63, 3.8) is 0 Å². The molecule has 1 aromatic rings. The number of guanidine groups is 1. The molecular formula is C11H16ClFN4O2S. The summed E-state index contributed by atoms with van der Waals surface area (Å²) < 4.78 is 39.6. The van der Waals surface area contributed by atoms with Crippen LogP contribution in [0.1, 0.15) is 0 Å². The molecular weight excluding hydrogens is 307 g/mol. The van der Waals surface area contributed by atoms with Crippen molar-refractivity contribution < 1.29 is 12.8 Å². The summed E-state index contributed by atoms with van der Waals surface area (Å²) in [5.74, 6) is -0.356. The molecule has 0 spiro atoms. The van der Waals surface area contributed by atoms with E-state index in [4.69, 9.17) is 11.6 Å². The lowest BCUT2D eigenvalue weighted by atomic mass is 10.3. The fourth-order valence-corrected chi connectivity index (χ4v) is 2.66. The van der Waals surface area contributed by atoms with Crippen LogP contribution < -0.4 is 15.4 Å². The van der Waals surface area contributed by atoms with Crippen LogP contribution >= 0.6 is 11.6 Å². The Morgan fingerprint density at radius 3 is 2.65 bits per heavy atom. The van der Waals surface area contributed by atoms with Gasteiger partial charge in [-0.1, -0.05) is 11.6 Å². The van der Waals surface area contributed by atoms with Crippen LogP contribution in [0.4, 0.5) is 4.39 Å². The quantitative estimate of drug-likeness (QED) is 0.420. The van der Waals surface area contributed by atoms with E-state index in [1.54, 1.807) is 14.1 Å².